The highest BCUT2D eigenvalue weighted by Crippen LogP contribution is 2.22. The van der Waals surface area contributed by atoms with Gasteiger partial charge in [0.1, 0.15) is 25.1 Å². The molecule has 1 fully saturated rings. The van der Waals surface area contributed by atoms with Gasteiger partial charge in [-0.2, -0.15) is 0 Å². The number of pyridine rings is 1. The first-order valence-electron chi connectivity index (χ1n) is 13.7. The van der Waals surface area contributed by atoms with Gasteiger partial charge in [0.05, 0.1) is 18.7 Å². The number of carbonyl (C=O) groups is 4. The number of ether oxygens (including phenoxy) is 2. The van der Waals surface area contributed by atoms with Gasteiger partial charge in [-0.3, -0.25) is 9.59 Å². The molecule has 12 heteroatoms. The number of amides is 3. The van der Waals surface area contributed by atoms with Gasteiger partial charge in [-0.1, -0.05) is 50.2 Å². The Labute approximate surface area is 239 Å². The summed E-state index contributed by atoms with van der Waals surface area (Å²) in [6.07, 6.45) is 2.04. The third-order valence-corrected chi connectivity index (χ3v) is 6.53. The fourth-order valence-electron chi connectivity index (χ4n) is 4.25. The quantitative estimate of drug-likeness (QED) is 0.253. The average molecular weight is 570 g/mol. The number of likely N-dealkylation sites (tertiary alicyclic amines) is 1. The molecule has 1 saturated heterocycles. The second kappa shape index (κ2) is 16.2. The molecule has 1 aromatic heterocycles. The number of carboxylic acid groups (broad SMARTS) is 1. The minimum absolute atomic E-state index is 0.128. The van der Waals surface area contributed by atoms with Crippen LogP contribution in [0.25, 0.3) is 0 Å². The maximum absolute atomic E-state index is 13.0. The average Bonchev–Trinajstić information content (AvgIpc) is 3.39. The maximum Gasteiger partial charge on any atom is 0.410 e. The first kappa shape index (κ1) is 31.3. The summed E-state index contributed by atoms with van der Waals surface area (Å²) in [7, 11) is 0. The predicted molar refractivity (Wildman–Crippen MR) is 151 cm³/mol. The summed E-state index contributed by atoms with van der Waals surface area (Å²) in [5.74, 6) is -1.18. The Hall–Kier alpha value is -4.19. The molecule has 222 valence electrons. The number of hydrogen-bond donors (Lipinski definition) is 4. The number of hydrogen-bond acceptors (Lipinski definition) is 8. The van der Waals surface area contributed by atoms with Crippen molar-refractivity contribution in [2.75, 3.05) is 31.6 Å². The van der Waals surface area contributed by atoms with Crippen LogP contribution in [0.15, 0.2) is 54.7 Å². The number of aromatic nitrogens is 1. The van der Waals surface area contributed by atoms with Crippen molar-refractivity contribution < 1.29 is 33.8 Å². The molecule has 1 aliphatic heterocycles. The van der Waals surface area contributed by atoms with E-state index in [0.717, 1.165) is 5.56 Å². The van der Waals surface area contributed by atoms with E-state index in [0.29, 0.717) is 31.1 Å². The van der Waals surface area contributed by atoms with E-state index in [-0.39, 0.29) is 44.7 Å². The first-order chi connectivity index (χ1) is 19.7. The van der Waals surface area contributed by atoms with Gasteiger partial charge < -0.3 is 35.4 Å². The van der Waals surface area contributed by atoms with Gasteiger partial charge in [0.2, 0.25) is 11.8 Å². The number of carboxylic acids is 1. The fourth-order valence-corrected chi connectivity index (χ4v) is 4.25. The zero-order valence-corrected chi connectivity index (χ0v) is 23.5. The van der Waals surface area contributed by atoms with Crippen molar-refractivity contribution in [2.45, 2.75) is 57.9 Å². The number of nitrogens with zero attached hydrogens (tertiary/aromatic N) is 2. The van der Waals surface area contributed by atoms with Crippen LogP contribution in [0.1, 0.15) is 38.7 Å². The van der Waals surface area contributed by atoms with Gasteiger partial charge in [-0.25, -0.2) is 14.6 Å². The smallest absolute Gasteiger partial charge is 0.410 e. The molecule has 1 aromatic carbocycles. The molecule has 0 radical (unpaired) electrons. The summed E-state index contributed by atoms with van der Waals surface area (Å²) in [5.41, 5.74) is 0.864. The van der Waals surface area contributed by atoms with Crippen molar-refractivity contribution >= 4 is 29.7 Å². The Balaban J connectivity index is 1.50. The maximum atomic E-state index is 13.0. The summed E-state index contributed by atoms with van der Waals surface area (Å²) >= 11 is 0. The molecule has 3 atom stereocenters. The molecule has 0 saturated carbocycles. The second-order valence-electron chi connectivity index (χ2n) is 10.3. The molecule has 3 amide bonds. The van der Waals surface area contributed by atoms with E-state index in [4.69, 9.17) is 9.47 Å². The highest BCUT2D eigenvalue weighted by atomic mass is 16.6. The molecule has 2 aromatic rings. The van der Waals surface area contributed by atoms with Crippen LogP contribution >= 0.6 is 0 Å². The summed E-state index contributed by atoms with van der Waals surface area (Å²) < 4.78 is 11.3. The van der Waals surface area contributed by atoms with E-state index in [1.807, 2.05) is 62.4 Å². The first-order valence-corrected chi connectivity index (χ1v) is 13.7. The molecule has 2 heterocycles. The van der Waals surface area contributed by atoms with Crippen LogP contribution in [-0.4, -0.2) is 83.3 Å². The van der Waals surface area contributed by atoms with Gasteiger partial charge in [-0.15, -0.1) is 0 Å². The molecule has 41 heavy (non-hydrogen) atoms. The monoisotopic (exact) mass is 569 g/mol. The lowest BCUT2D eigenvalue weighted by atomic mass is 10.1. The molecule has 0 aliphatic carbocycles. The predicted octanol–water partition coefficient (Wildman–Crippen LogP) is 2.41. The molecule has 3 unspecified atom stereocenters. The highest BCUT2D eigenvalue weighted by molar-refractivity contribution is 5.84. The molecule has 4 N–H and O–H groups in total. The number of nitrogens with one attached hydrogen (secondary N) is 3. The Morgan fingerprint density at radius 1 is 1.07 bits per heavy atom. The van der Waals surface area contributed by atoms with Gasteiger partial charge in [-0.05, 0) is 36.5 Å². The normalized spacial score (nSPS) is 17.1. The van der Waals surface area contributed by atoms with Gasteiger partial charge in [0, 0.05) is 25.7 Å². The third kappa shape index (κ3) is 11.1. The molecule has 0 bridgehead atoms. The second-order valence-corrected chi connectivity index (χ2v) is 10.3. The number of carbonyl (C=O) groups excluding carboxylic acids is 3. The van der Waals surface area contributed by atoms with Crippen molar-refractivity contribution in [3.05, 3.63) is 60.3 Å². The van der Waals surface area contributed by atoms with Crippen molar-refractivity contribution in [1.82, 2.24) is 20.5 Å². The fraction of sp³-hybridized carbons (Fsp3) is 0.483. The number of benzene rings is 1. The van der Waals surface area contributed by atoms with Crippen molar-refractivity contribution in [1.29, 1.82) is 0 Å². The summed E-state index contributed by atoms with van der Waals surface area (Å²) in [5, 5.41) is 17.6. The molecule has 1 aliphatic rings. The lowest BCUT2D eigenvalue weighted by molar-refractivity contribution is -0.142. The number of rotatable bonds is 15. The highest BCUT2D eigenvalue weighted by Gasteiger charge is 2.37. The van der Waals surface area contributed by atoms with Crippen LogP contribution in [-0.2, 0) is 30.5 Å². The van der Waals surface area contributed by atoms with Gasteiger partial charge >= 0.3 is 12.1 Å². The van der Waals surface area contributed by atoms with Crippen molar-refractivity contribution in [2.24, 2.45) is 5.92 Å². The zero-order valence-electron chi connectivity index (χ0n) is 23.5. The van der Waals surface area contributed by atoms with Crippen LogP contribution in [0.5, 0.6) is 0 Å². The third-order valence-electron chi connectivity index (χ3n) is 6.53. The van der Waals surface area contributed by atoms with Crippen molar-refractivity contribution in [3.8, 4) is 0 Å². The molecule has 12 nitrogen and oxygen atoms in total. The van der Waals surface area contributed by atoms with Gasteiger partial charge in [0.15, 0.2) is 0 Å². The van der Waals surface area contributed by atoms with Crippen LogP contribution in [0.3, 0.4) is 0 Å². The molecular formula is C29H39N5O7. The van der Waals surface area contributed by atoms with Crippen LogP contribution in [0.4, 0.5) is 10.6 Å². The van der Waals surface area contributed by atoms with Crippen molar-refractivity contribution in [3.63, 3.8) is 0 Å². The lowest BCUT2D eigenvalue weighted by Gasteiger charge is -2.24. The van der Waals surface area contributed by atoms with E-state index >= 15 is 0 Å². The van der Waals surface area contributed by atoms with Crippen LogP contribution in [0.2, 0.25) is 0 Å². The minimum atomic E-state index is -1.25. The summed E-state index contributed by atoms with van der Waals surface area (Å²) in [4.78, 5) is 54.8. The Kier molecular flexibility index (Phi) is 12.4. The molecule has 0 spiro atoms. The van der Waals surface area contributed by atoms with E-state index < -0.39 is 30.1 Å². The largest absolute Gasteiger partial charge is 0.480 e. The standard InChI is InChI=1S/C29H39N5O7/c1-20(2)11-12-26(35)33-24(28(37)38)16-32-27(36)19-40-23-14-22(15-31-25-10-6-7-13-30-25)34(17-23)29(39)41-18-21-8-4-3-5-9-21/h3-10,13,20,22-24H,11-12,14-19H2,1-2H3,(H,30,31)(H,32,36)(H,33,35)(H,37,38). The lowest BCUT2D eigenvalue weighted by Crippen LogP contribution is -2.49. The Bertz CT molecular complexity index is 1130. The number of aliphatic carboxylic acids is 1. The molecular weight excluding hydrogens is 530 g/mol. The number of anilines is 1. The topological polar surface area (TPSA) is 159 Å². The minimum Gasteiger partial charge on any atom is -0.480 e. The van der Waals surface area contributed by atoms with Gasteiger partial charge in [0.25, 0.3) is 0 Å². The van der Waals surface area contributed by atoms with E-state index in [2.05, 4.69) is 20.9 Å². The molecule has 3 rings (SSSR count). The van der Waals surface area contributed by atoms with E-state index in [9.17, 15) is 24.3 Å². The van der Waals surface area contributed by atoms with E-state index in [1.165, 1.54) is 0 Å². The SMILES string of the molecule is CC(C)CCC(=O)NC(CNC(=O)COC1CC(CNc2ccccn2)N(C(=O)OCc2ccccc2)C1)C(=O)O. The Morgan fingerprint density at radius 3 is 2.51 bits per heavy atom. The zero-order chi connectivity index (χ0) is 29.6. The Morgan fingerprint density at radius 2 is 1.83 bits per heavy atom. The van der Waals surface area contributed by atoms with E-state index in [1.54, 1.807) is 11.1 Å². The summed E-state index contributed by atoms with van der Waals surface area (Å²) in [6.45, 7) is 4.09. The van der Waals surface area contributed by atoms with Crippen LogP contribution in [0, 0.1) is 5.92 Å². The van der Waals surface area contributed by atoms with Crippen LogP contribution < -0.4 is 16.0 Å². The summed E-state index contributed by atoms with van der Waals surface area (Å²) in [6, 6.07) is 13.3.